The molecule has 0 aromatic heterocycles. The number of nitrogens with zero attached hydrogens (tertiary/aromatic N) is 1. The van der Waals surface area contributed by atoms with Crippen molar-refractivity contribution in [3.05, 3.63) is 35.4 Å². The Morgan fingerprint density at radius 2 is 1.69 bits per heavy atom. The van der Waals surface area contributed by atoms with Crippen LogP contribution in [-0.2, 0) is 9.59 Å². The van der Waals surface area contributed by atoms with Crippen LogP contribution in [0.4, 0.5) is 0 Å². The van der Waals surface area contributed by atoms with Crippen LogP contribution in [-0.4, -0.2) is 65.8 Å². The maximum atomic E-state index is 12.9. The summed E-state index contributed by atoms with van der Waals surface area (Å²) < 4.78 is 0. The number of rotatable bonds is 11. The molecule has 1 fully saturated rings. The van der Waals surface area contributed by atoms with Crippen molar-refractivity contribution in [1.82, 2.24) is 20.9 Å². The fourth-order valence-electron chi connectivity index (χ4n) is 4.09. The third kappa shape index (κ3) is 8.35. The van der Waals surface area contributed by atoms with Crippen molar-refractivity contribution in [1.29, 1.82) is 0 Å². The Morgan fingerprint density at radius 3 is 2.26 bits per heavy atom. The average Bonchev–Trinajstić information content (AvgIpc) is 3.03. The summed E-state index contributed by atoms with van der Waals surface area (Å²) in [7, 11) is 0. The first kappa shape index (κ1) is 28.3. The van der Waals surface area contributed by atoms with Gasteiger partial charge in [-0.05, 0) is 56.7 Å². The van der Waals surface area contributed by atoms with Crippen LogP contribution in [0.3, 0.4) is 0 Å². The topological polar surface area (TPSA) is 134 Å². The second-order valence-corrected chi connectivity index (χ2v) is 10.5. The van der Waals surface area contributed by atoms with E-state index < -0.39 is 23.9 Å². The smallest absolute Gasteiger partial charge is 0.251 e. The predicted octanol–water partition coefficient (Wildman–Crippen LogP) is 1.67. The monoisotopic (exact) mass is 487 g/mol. The zero-order valence-electron chi connectivity index (χ0n) is 21.8. The molecule has 0 bridgehead atoms. The third-order valence-corrected chi connectivity index (χ3v) is 5.86. The minimum absolute atomic E-state index is 0.0519. The van der Waals surface area contributed by atoms with Crippen molar-refractivity contribution < 1.29 is 19.2 Å². The van der Waals surface area contributed by atoms with Crippen LogP contribution < -0.4 is 21.7 Å². The highest BCUT2D eigenvalue weighted by atomic mass is 16.2. The number of nitrogens with two attached hydrogens (primary N) is 1. The van der Waals surface area contributed by atoms with Crippen LogP contribution in [0, 0.1) is 11.8 Å². The predicted molar refractivity (Wildman–Crippen MR) is 136 cm³/mol. The first-order valence-electron chi connectivity index (χ1n) is 12.4. The third-order valence-electron chi connectivity index (χ3n) is 5.86. The summed E-state index contributed by atoms with van der Waals surface area (Å²) in [4.78, 5) is 53.0. The second-order valence-electron chi connectivity index (χ2n) is 10.5. The van der Waals surface area contributed by atoms with Crippen LogP contribution in [0.15, 0.2) is 24.3 Å². The zero-order chi connectivity index (χ0) is 26.3. The minimum Gasteiger partial charge on any atom is -0.354 e. The molecule has 9 heteroatoms. The van der Waals surface area contributed by atoms with Crippen molar-refractivity contribution in [2.24, 2.45) is 17.6 Å². The standard InChI is InChI=1S/C26H41N5O4/c1-15(2)13-28-25(34)21(10-17(5)27)29-23(32)19-8-7-9-20(12-19)24(33)30-22-11-18(6)31(26(22)35)14-16(3)4/h7-9,12,15-18,21-22H,10-11,13-14,27H2,1-6H3,(H,28,34)(H,29,32)(H,30,33)/t17?,18?,21-,22-/m0/s1. The normalized spacial score (nSPS) is 19.6. The summed E-state index contributed by atoms with van der Waals surface area (Å²) in [5.74, 6) is -0.660. The van der Waals surface area contributed by atoms with E-state index in [-0.39, 0.29) is 47.4 Å². The molecular weight excluding hydrogens is 446 g/mol. The van der Waals surface area contributed by atoms with Gasteiger partial charge < -0.3 is 26.6 Å². The Morgan fingerprint density at radius 1 is 1.06 bits per heavy atom. The highest BCUT2D eigenvalue weighted by molar-refractivity contribution is 6.02. The number of hydrogen-bond donors (Lipinski definition) is 4. The van der Waals surface area contributed by atoms with E-state index in [4.69, 9.17) is 5.73 Å². The Hall–Kier alpha value is -2.94. The maximum absolute atomic E-state index is 12.9. The van der Waals surface area contributed by atoms with E-state index >= 15 is 0 Å². The van der Waals surface area contributed by atoms with Crippen LogP contribution in [0.2, 0.25) is 0 Å². The molecule has 0 aliphatic carbocycles. The van der Waals surface area contributed by atoms with E-state index in [1.54, 1.807) is 25.1 Å². The van der Waals surface area contributed by atoms with Crippen molar-refractivity contribution in [3.8, 4) is 0 Å². The molecule has 1 heterocycles. The molecule has 0 spiro atoms. The summed E-state index contributed by atoms with van der Waals surface area (Å²) in [6, 6.07) is 4.63. The lowest BCUT2D eigenvalue weighted by Gasteiger charge is -2.23. The lowest BCUT2D eigenvalue weighted by atomic mass is 10.1. The van der Waals surface area contributed by atoms with Gasteiger partial charge in [0.2, 0.25) is 11.8 Å². The molecule has 1 aliphatic rings. The molecule has 0 saturated carbocycles. The Bertz CT molecular complexity index is 915. The highest BCUT2D eigenvalue weighted by Crippen LogP contribution is 2.21. The molecule has 1 aromatic rings. The summed E-state index contributed by atoms with van der Waals surface area (Å²) in [6.45, 7) is 13.0. The summed E-state index contributed by atoms with van der Waals surface area (Å²) in [5, 5.41) is 8.38. The first-order valence-corrected chi connectivity index (χ1v) is 12.4. The number of carbonyl (C=O) groups excluding carboxylic acids is 4. The molecule has 5 N–H and O–H groups in total. The quantitative estimate of drug-likeness (QED) is 0.377. The van der Waals surface area contributed by atoms with E-state index in [0.717, 1.165) is 0 Å². The molecule has 194 valence electrons. The van der Waals surface area contributed by atoms with Crippen LogP contribution in [0.1, 0.15) is 75.1 Å². The molecule has 4 amide bonds. The van der Waals surface area contributed by atoms with Crippen LogP contribution >= 0.6 is 0 Å². The fourth-order valence-corrected chi connectivity index (χ4v) is 4.09. The van der Waals surface area contributed by atoms with E-state index in [2.05, 4.69) is 29.8 Å². The Kier molecular flexibility index (Phi) is 10.2. The molecule has 1 aromatic carbocycles. The van der Waals surface area contributed by atoms with Crippen molar-refractivity contribution >= 4 is 23.6 Å². The number of amides is 4. The van der Waals surface area contributed by atoms with Crippen molar-refractivity contribution in [2.45, 2.75) is 78.6 Å². The molecule has 4 atom stereocenters. The number of carbonyl (C=O) groups is 4. The molecule has 2 rings (SSSR count). The van der Waals surface area contributed by atoms with Gasteiger partial charge in [-0.1, -0.05) is 33.8 Å². The molecule has 1 saturated heterocycles. The number of hydrogen-bond acceptors (Lipinski definition) is 5. The van der Waals surface area contributed by atoms with E-state index in [0.29, 0.717) is 25.4 Å². The number of likely N-dealkylation sites (tertiary alicyclic amines) is 1. The van der Waals surface area contributed by atoms with Gasteiger partial charge in [0.05, 0.1) is 0 Å². The van der Waals surface area contributed by atoms with Gasteiger partial charge in [-0.15, -0.1) is 0 Å². The summed E-state index contributed by atoms with van der Waals surface area (Å²) in [6.07, 6.45) is 0.826. The molecule has 1 aliphatic heterocycles. The number of nitrogens with one attached hydrogen (secondary N) is 3. The molecule has 9 nitrogen and oxygen atoms in total. The van der Waals surface area contributed by atoms with Crippen LogP contribution in [0.25, 0.3) is 0 Å². The summed E-state index contributed by atoms with van der Waals surface area (Å²) in [5.41, 5.74) is 6.40. The number of benzene rings is 1. The van der Waals surface area contributed by atoms with Crippen molar-refractivity contribution in [2.75, 3.05) is 13.1 Å². The fraction of sp³-hybridized carbons (Fsp3) is 0.615. The molecular formula is C26H41N5O4. The van der Waals surface area contributed by atoms with Gasteiger partial charge in [-0.25, -0.2) is 0 Å². The minimum atomic E-state index is -0.789. The van der Waals surface area contributed by atoms with E-state index in [9.17, 15) is 19.2 Å². The van der Waals surface area contributed by atoms with E-state index in [1.807, 2.05) is 25.7 Å². The van der Waals surface area contributed by atoms with Gasteiger partial charge >= 0.3 is 0 Å². The first-order chi connectivity index (χ1) is 16.4. The lowest BCUT2D eigenvalue weighted by Crippen LogP contribution is -2.49. The average molecular weight is 488 g/mol. The van der Waals surface area contributed by atoms with Gasteiger partial charge in [0.25, 0.3) is 11.8 Å². The largest absolute Gasteiger partial charge is 0.354 e. The van der Waals surface area contributed by atoms with E-state index in [1.165, 1.54) is 6.07 Å². The van der Waals surface area contributed by atoms with Gasteiger partial charge in [-0.3, -0.25) is 19.2 Å². The van der Waals surface area contributed by atoms with Gasteiger partial charge in [0.15, 0.2) is 0 Å². The van der Waals surface area contributed by atoms with Gasteiger partial charge in [0.1, 0.15) is 12.1 Å². The van der Waals surface area contributed by atoms with Gasteiger partial charge in [-0.2, -0.15) is 0 Å². The second kappa shape index (κ2) is 12.7. The zero-order valence-corrected chi connectivity index (χ0v) is 21.8. The summed E-state index contributed by atoms with van der Waals surface area (Å²) >= 11 is 0. The SMILES string of the molecule is CC(C)CNC(=O)[C@H](CC(C)N)NC(=O)c1cccc(C(=O)N[C@H]2CC(C)N(CC(C)C)C2=O)c1. The molecule has 2 unspecified atom stereocenters. The van der Waals surface area contributed by atoms with Gasteiger partial charge in [0, 0.05) is 36.3 Å². The Balaban J connectivity index is 2.08. The van der Waals surface area contributed by atoms with Crippen LogP contribution in [0.5, 0.6) is 0 Å². The van der Waals surface area contributed by atoms with Crippen molar-refractivity contribution in [3.63, 3.8) is 0 Å². The molecule has 0 radical (unpaired) electrons. The maximum Gasteiger partial charge on any atom is 0.251 e. The lowest BCUT2D eigenvalue weighted by molar-refractivity contribution is -0.130. The Labute approximate surface area is 208 Å². The highest BCUT2D eigenvalue weighted by Gasteiger charge is 2.38. The molecule has 35 heavy (non-hydrogen) atoms.